The highest BCUT2D eigenvalue weighted by Gasteiger charge is 2.80. The Balaban J connectivity index is 5.96. The highest BCUT2D eigenvalue weighted by atomic mass is 19.4. The van der Waals surface area contributed by atoms with Crippen molar-refractivity contribution in [3.63, 3.8) is 0 Å². The number of ether oxygens (including phenoxy) is 2. The third-order valence-electron chi connectivity index (χ3n) is 2.13. The SMILES string of the molecule is N=C(N)C(F)OC(F)(F)C(F)(OC(F)(F)C(F)(F)CO)C(F)(F)F. The first kappa shape index (κ1) is 22.6. The van der Waals surface area contributed by atoms with Crippen molar-refractivity contribution in [3.05, 3.63) is 0 Å². The van der Waals surface area contributed by atoms with E-state index in [9.17, 15) is 48.3 Å². The van der Waals surface area contributed by atoms with Crippen molar-refractivity contribution >= 4 is 5.84 Å². The summed E-state index contributed by atoms with van der Waals surface area (Å²) in [4.78, 5) is 0. The number of hydrogen-bond acceptors (Lipinski definition) is 4. The molecule has 2 atom stereocenters. The summed E-state index contributed by atoms with van der Waals surface area (Å²) in [6.07, 6.45) is -24.4. The molecular formula is C8H7F11N2O3. The summed E-state index contributed by atoms with van der Waals surface area (Å²) in [6.45, 7) is -2.92. The van der Waals surface area contributed by atoms with Gasteiger partial charge in [-0.3, -0.25) is 14.9 Å². The van der Waals surface area contributed by atoms with Crippen molar-refractivity contribution in [1.82, 2.24) is 0 Å². The first-order valence-corrected chi connectivity index (χ1v) is 5.20. The smallest absolute Gasteiger partial charge is 0.390 e. The number of rotatable bonds is 8. The van der Waals surface area contributed by atoms with E-state index < -0.39 is 49.0 Å². The predicted molar refractivity (Wildman–Crippen MR) is 50.8 cm³/mol. The van der Waals surface area contributed by atoms with E-state index in [0.717, 1.165) is 0 Å². The monoisotopic (exact) mass is 388 g/mol. The first-order valence-electron chi connectivity index (χ1n) is 5.20. The van der Waals surface area contributed by atoms with Crippen LogP contribution in [-0.2, 0) is 9.47 Å². The van der Waals surface area contributed by atoms with Crippen molar-refractivity contribution in [2.45, 2.75) is 36.5 Å². The number of hydrogen-bond donors (Lipinski definition) is 3. The predicted octanol–water partition coefficient (Wildman–Crippen LogP) is 2.29. The van der Waals surface area contributed by atoms with Crippen LogP contribution in [0.4, 0.5) is 48.3 Å². The summed E-state index contributed by atoms with van der Waals surface area (Å²) in [5, 5.41) is 14.2. The van der Waals surface area contributed by atoms with E-state index in [1.54, 1.807) is 0 Å². The minimum Gasteiger partial charge on any atom is -0.390 e. The third kappa shape index (κ3) is 4.15. The van der Waals surface area contributed by atoms with Crippen LogP contribution in [-0.4, -0.2) is 54.1 Å². The molecule has 16 heteroatoms. The maximum Gasteiger partial charge on any atom is 0.458 e. The van der Waals surface area contributed by atoms with Crippen molar-refractivity contribution in [3.8, 4) is 0 Å². The highest BCUT2D eigenvalue weighted by Crippen LogP contribution is 2.52. The van der Waals surface area contributed by atoms with Gasteiger partial charge in [0.25, 0.3) is 6.36 Å². The molecule has 5 nitrogen and oxygen atoms in total. The van der Waals surface area contributed by atoms with Gasteiger partial charge >= 0.3 is 30.2 Å². The van der Waals surface area contributed by atoms with Crippen LogP contribution in [0.2, 0.25) is 0 Å². The molecule has 0 aliphatic carbocycles. The average Bonchev–Trinajstić information content (AvgIpc) is 2.35. The largest absolute Gasteiger partial charge is 0.458 e. The van der Waals surface area contributed by atoms with Crippen LogP contribution in [0.1, 0.15) is 0 Å². The Labute approximate surface area is 124 Å². The summed E-state index contributed by atoms with van der Waals surface area (Å²) in [6, 6.07) is 0. The Morgan fingerprint density at radius 2 is 1.38 bits per heavy atom. The van der Waals surface area contributed by atoms with Crippen LogP contribution in [0.5, 0.6) is 0 Å². The van der Waals surface area contributed by atoms with E-state index in [-0.39, 0.29) is 0 Å². The minimum atomic E-state index is -7.15. The van der Waals surface area contributed by atoms with Gasteiger partial charge in [-0.25, -0.2) is 4.39 Å². The van der Waals surface area contributed by atoms with E-state index in [1.807, 2.05) is 4.74 Å². The molecule has 0 aromatic rings. The maximum atomic E-state index is 13.5. The Morgan fingerprint density at radius 3 is 1.67 bits per heavy atom. The quantitative estimate of drug-likeness (QED) is 0.338. The fourth-order valence-corrected chi connectivity index (χ4v) is 0.895. The van der Waals surface area contributed by atoms with Gasteiger partial charge in [0.05, 0.1) is 0 Å². The summed E-state index contributed by atoms with van der Waals surface area (Å²) in [7, 11) is 0. The Morgan fingerprint density at radius 1 is 0.958 bits per heavy atom. The molecule has 0 fully saturated rings. The normalized spacial score (nSPS) is 18.2. The molecule has 0 saturated heterocycles. The van der Waals surface area contributed by atoms with Crippen molar-refractivity contribution in [2.75, 3.05) is 6.61 Å². The second-order valence-corrected chi connectivity index (χ2v) is 3.98. The molecule has 4 N–H and O–H groups in total. The Hall–Kier alpha value is -1.42. The molecule has 24 heavy (non-hydrogen) atoms. The van der Waals surface area contributed by atoms with E-state index >= 15 is 0 Å². The number of nitrogens with one attached hydrogen (secondary N) is 1. The molecule has 0 saturated carbocycles. The number of nitrogens with two attached hydrogens (primary N) is 1. The fraction of sp³-hybridized carbons (Fsp3) is 0.875. The molecular weight excluding hydrogens is 381 g/mol. The van der Waals surface area contributed by atoms with Crippen LogP contribution in [0.3, 0.4) is 0 Å². The Kier molecular flexibility index (Phi) is 6.09. The zero-order valence-corrected chi connectivity index (χ0v) is 10.8. The summed E-state index contributed by atoms with van der Waals surface area (Å²) in [5.74, 6) is -14.9. The number of aliphatic hydroxyl groups is 1. The topological polar surface area (TPSA) is 88.6 Å². The minimum absolute atomic E-state index is 1.90. The third-order valence-corrected chi connectivity index (χ3v) is 2.13. The van der Waals surface area contributed by atoms with Crippen LogP contribution in [0.15, 0.2) is 0 Å². The standard InChI is InChI=1S/C8H7F11N2O3/c9-2(3(20)21)23-8(18,19)5(12,6(13,14)15)24-7(16,17)4(10,11)1-22/h2,22H,1H2,(H3,20,21). The summed E-state index contributed by atoms with van der Waals surface area (Å²) < 4.78 is 145. The number of halogens is 11. The lowest BCUT2D eigenvalue weighted by atomic mass is 10.2. The first-order chi connectivity index (χ1) is 10.3. The number of amidine groups is 1. The fourth-order valence-electron chi connectivity index (χ4n) is 0.895. The zero-order valence-electron chi connectivity index (χ0n) is 10.8. The lowest BCUT2D eigenvalue weighted by Crippen LogP contribution is -2.64. The van der Waals surface area contributed by atoms with Gasteiger partial charge in [0.2, 0.25) is 0 Å². The maximum absolute atomic E-state index is 13.5. The summed E-state index contributed by atoms with van der Waals surface area (Å²) in [5.41, 5.74) is 4.22. The second-order valence-electron chi connectivity index (χ2n) is 3.98. The lowest BCUT2D eigenvalue weighted by Gasteiger charge is -2.37. The molecule has 2 unspecified atom stereocenters. The molecule has 0 spiro atoms. The Bertz CT molecular complexity index is 469. The van der Waals surface area contributed by atoms with Gasteiger partial charge in [0.15, 0.2) is 5.84 Å². The van der Waals surface area contributed by atoms with Gasteiger partial charge in [0.1, 0.15) is 6.61 Å². The van der Waals surface area contributed by atoms with Crippen LogP contribution in [0.25, 0.3) is 0 Å². The molecule has 0 aliphatic rings. The van der Waals surface area contributed by atoms with Crippen LogP contribution >= 0.6 is 0 Å². The molecule has 0 amide bonds. The van der Waals surface area contributed by atoms with Gasteiger partial charge in [-0.2, -0.15) is 43.9 Å². The van der Waals surface area contributed by atoms with Crippen molar-refractivity contribution < 1.29 is 62.9 Å². The van der Waals surface area contributed by atoms with Gasteiger partial charge in [-0.1, -0.05) is 0 Å². The molecule has 0 aromatic carbocycles. The highest BCUT2D eigenvalue weighted by molar-refractivity contribution is 5.80. The van der Waals surface area contributed by atoms with Crippen LogP contribution < -0.4 is 5.73 Å². The lowest BCUT2D eigenvalue weighted by molar-refractivity contribution is -0.524. The van der Waals surface area contributed by atoms with E-state index in [4.69, 9.17) is 10.5 Å². The molecule has 0 aromatic heterocycles. The van der Waals surface area contributed by atoms with Crippen LogP contribution in [0, 0.1) is 5.41 Å². The van der Waals surface area contributed by atoms with E-state index in [2.05, 4.69) is 10.5 Å². The van der Waals surface area contributed by atoms with Crippen molar-refractivity contribution in [1.29, 1.82) is 5.41 Å². The van der Waals surface area contributed by atoms with Gasteiger partial charge < -0.3 is 10.8 Å². The molecule has 144 valence electrons. The number of aliphatic hydroxyl groups excluding tert-OH is 1. The van der Waals surface area contributed by atoms with Crippen molar-refractivity contribution in [2.24, 2.45) is 5.73 Å². The van der Waals surface area contributed by atoms with Gasteiger partial charge in [-0.05, 0) is 0 Å². The molecule has 0 rings (SSSR count). The molecule has 0 bridgehead atoms. The molecule has 0 aliphatic heterocycles. The zero-order chi connectivity index (χ0) is 19.8. The second kappa shape index (κ2) is 6.47. The number of alkyl halides is 11. The van der Waals surface area contributed by atoms with Gasteiger partial charge in [-0.15, -0.1) is 0 Å². The molecule has 0 radical (unpaired) electrons. The average molecular weight is 388 g/mol. The van der Waals surface area contributed by atoms with Gasteiger partial charge in [0, 0.05) is 0 Å². The summed E-state index contributed by atoms with van der Waals surface area (Å²) >= 11 is 0. The van der Waals surface area contributed by atoms with E-state index in [1.165, 1.54) is 0 Å². The van der Waals surface area contributed by atoms with E-state index in [0.29, 0.717) is 0 Å². The molecule has 0 heterocycles.